The third-order valence-electron chi connectivity index (χ3n) is 4.11. The van der Waals surface area contributed by atoms with Gasteiger partial charge in [0.2, 0.25) is 0 Å². The van der Waals surface area contributed by atoms with Crippen LogP contribution in [0.5, 0.6) is 0 Å². The highest BCUT2D eigenvalue weighted by molar-refractivity contribution is 7.99. The van der Waals surface area contributed by atoms with E-state index in [0.717, 1.165) is 12.1 Å². The van der Waals surface area contributed by atoms with Gasteiger partial charge in [0.25, 0.3) is 0 Å². The number of hydrogen-bond donors (Lipinski definition) is 0. The van der Waals surface area contributed by atoms with Crippen LogP contribution in [-0.4, -0.2) is 5.71 Å². The molecule has 3 aromatic rings. The maximum absolute atomic E-state index is 4.99. The van der Waals surface area contributed by atoms with Gasteiger partial charge in [0.1, 0.15) is 0 Å². The van der Waals surface area contributed by atoms with E-state index in [9.17, 15) is 0 Å². The molecule has 1 aliphatic rings. The highest BCUT2D eigenvalue weighted by Gasteiger charge is 2.23. The summed E-state index contributed by atoms with van der Waals surface area (Å²) in [6, 6.07) is 21.5. The standard InChI is InChI=1S/C20H17NS2/c1-14-7-2-3-8-15(14)20-13-17(18-11-6-12-22-18)21-16-9-4-5-10-19(16)23-20/h2-12,20H,13H2,1H3. The average molecular weight is 335 g/mol. The van der Waals surface area contributed by atoms with E-state index in [1.807, 2.05) is 11.8 Å². The largest absolute Gasteiger partial charge is 0.251 e. The second-order valence-electron chi connectivity index (χ2n) is 5.67. The Labute approximate surface area is 145 Å². The molecule has 0 N–H and O–H groups in total. The van der Waals surface area contributed by atoms with Gasteiger partial charge < -0.3 is 0 Å². The first kappa shape index (κ1) is 14.7. The molecule has 0 fully saturated rings. The van der Waals surface area contributed by atoms with Crippen LogP contribution in [0.1, 0.15) is 27.7 Å². The van der Waals surface area contributed by atoms with Gasteiger partial charge in [-0.15, -0.1) is 23.1 Å². The van der Waals surface area contributed by atoms with Gasteiger partial charge in [0, 0.05) is 21.4 Å². The SMILES string of the molecule is Cc1ccccc1C1CC(c2cccs2)=Nc2ccccc2S1. The van der Waals surface area contributed by atoms with E-state index in [2.05, 4.69) is 73.0 Å². The number of thiophene rings is 1. The minimum atomic E-state index is 0.403. The second-order valence-corrected chi connectivity index (χ2v) is 7.86. The molecule has 0 amide bonds. The van der Waals surface area contributed by atoms with Gasteiger partial charge in [-0.3, -0.25) is 4.99 Å². The van der Waals surface area contributed by atoms with Gasteiger partial charge in [-0.2, -0.15) is 0 Å². The van der Waals surface area contributed by atoms with Crippen LogP contribution in [0.25, 0.3) is 0 Å². The van der Waals surface area contributed by atoms with Crippen molar-refractivity contribution in [1.82, 2.24) is 0 Å². The molecule has 23 heavy (non-hydrogen) atoms. The fraction of sp³-hybridized carbons (Fsp3) is 0.150. The third kappa shape index (κ3) is 2.99. The van der Waals surface area contributed by atoms with Crippen LogP contribution in [0, 0.1) is 6.92 Å². The number of nitrogens with zero attached hydrogens (tertiary/aromatic N) is 1. The van der Waals surface area contributed by atoms with Crippen molar-refractivity contribution in [2.45, 2.75) is 23.5 Å². The number of rotatable bonds is 2. The molecule has 0 aliphatic carbocycles. The monoisotopic (exact) mass is 335 g/mol. The van der Waals surface area contributed by atoms with Crippen LogP contribution >= 0.6 is 23.1 Å². The van der Waals surface area contributed by atoms with Gasteiger partial charge in [-0.05, 0) is 41.6 Å². The number of aryl methyl sites for hydroxylation is 1. The van der Waals surface area contributed by atoms with Crippen LogP contribution < -0.4 is 0 Å². The van der Waals surface area contributed by atoms with E-state index in [-0.39, 0.29) is 0 Å². The molecule has 4 rings (SSSR count). The highest BCUT2D eigenvalue weighted by Crippen LogP contribution is 2.46. The number of para-hydroxylation sites is 1. The molecule has 0 spiro atoms. The summed E-state index contributed by atoms with van der Waals surface area (Å²) < 4.78 is 0. The van der Waals surface area contributed by atoms with Crippen molar-refractivity contribution in [3.05, 3.63) is 82.0 Å². The zero-order valence-electron chi connectivity index (χ0n) is 12.9. The van der Waals surface area contributed by atoms with Crippen LogP contribution in [0.15, 0.2) is 75.9 Å². The summed E-state index contributed by atoms with van der Waals surface area (Å²) in [7, 11) is 0. The molecule has 1 aliphatic heterocycles. The molecule has 2 heterocycles. The maximum Gasteiger partial charge on any atom is 0.0769 e. The van der Waals surface area contributed by atoms with E-state index in [0.29, 0.717) is 5.25 Å². The first-order chi connectivity index (χ1) is 11.3. The minimum absolute atomic E-state index is 0.403. The van der Waals surface area contributed by atoms with Crippen molar-refractivity contribution in [3.8, 4) is 0 Å². The van der Waals surface area contributed by atoms with Crippen LogP contribution in [0.2, 0.25) is 0 Å². The van der Waals surface area contributed by atoms with Crippen LogP contribution in [0.4, 0.5) is 5.69 Å². The lowest BCUT2D eigenvalue weighted by Crippen LogP contribution is -2.04. The molecule has 0 bridgehead atoms. The fourth-order valence-electron chi connectivity index (χ4n) is 2.93. The van der Waals surface area contributed by atoms with Crippen molar-refractivity contribution < 1.29 is 0 Å². The van der Waals surface area contributed by atoms with Crippen LogP contribution in [-0.2, 0) is 0 Å². The quantitative estimate of drug-likeness (QED) is 0.527. The summed E-state index contributed by atoms with van der Waals surface area (Å²) in [5.41, 5.74) is 5.07. The summed E-state index contributed by atoms with van der Waals surface area (Å²) >= 11 is 3.71. The third-order valence-corrected chi connectivity index (χ3v) is 6.33. The fourth-order valence-corrected chi connectivity index (χ4v) is 4.99. The normalized spacial score (nSPS) is 17.3. The predicted octanol–water partition coefficient (Wildman–Crippen LogP) is 6.41. The Morgan fingerprint density at radius 2 is 1.78 bits per heavy atom. The Morgan fingerprint density at radius 3 is 2.61 bits per heavy atom. The lowest BCUT2D eigenvalue weighted by Gasteiger charge is -2.17. The van der Waals surface area contributed by atoms with E-state index in [1.165, 1.54) is 26.6 Å². The lowest BCUT2D eigenvalue weighted by molar-refractivity contribution is 0.995. The highest BCUT2D eigenvalue weighted by atomic mass is 32.2. The van der Waals surface area contributed by atoms with Crippen molar-refractivity contribution in [2.75, 3.05) is 0 Å². The molecule has 0 radical (unpaired) electrons. The lowest BCUT2D eigenvalue weighted by atomic mass is 10.0. The number of aliphatic imine (C=N–C) groups is 1. The summed E-state index contributed by atoms with van der Waals surface area (Å²) in [5, 5.41) is 2.53. The van der Waals surface area contributed by atoms with Crippen molar-refractivity contribution in [3.63, 3.8) is 0 Å². The van der Waals surface area contributed by atoms with Gasteiger partial charge in [-0.25, -0.2) is 0 Å². The van der Waals surface area contributed by atoms with Crippen LogP contribution in [0.3, 0.4) is 0 Å². The molecule has 1 atom stereocenters. The summed E-state index contributed by atoms with van der Waals surface area (Å²) in [6.45, 7) is 2.20. The molecule has 114 valence electrons. The number of benzene rings is 2. The second kappa shape index (κ2) is 6.34. The zero-order valence-corrected chi connectivity index (χ0v) is 14.5. The minimum Gasteiger partial charge on any atom is -0.251 e. The molecule has 1 aromatic heterocycles. The van der Waals surface area contributed by atoms with E-state index in [4.69, 9.17) is 4.99 Å². The van der Waals surface area contributed by atoms with E-state index in [1.54, 1.807) is 11.3 Å². The average Bonchev–Trinajstić information content (AvgIpc) is 3.03. The van der Waals surface area contributed by atoms with Gasteiger partial charge in [0.15, 0.2) is 0 Å². The summed E-state index contributed by atoms with van der Waals surface area (Å²) in [5.74, 6) is 0. The molecule has 0 saturated carbocycles. The van der Waals surface area contributed by atoms with Crippen molar-refractivity contribution in [1.29, 1.82) is 0 Å². The number of hydrogen-bond acceptors (Lipinski definition) is 3. The molecular weight excluding hydrogens is 318 g/mol. The Kier molecular flexibility index (Phi) is 4.06. The van der Waals surface area contributed by atoms with Crippen molar-refractivity contribution in [2.24, 2.45) is 4.99 Å². The first-order valence-corrected chi connectivity index (χ1v) is 9.50. The topological polar surface area (TPSA) is 12.4 Å². The first-order valence-electron chi connectivity index (χ1n) is 7.74. The summed E-state index contributed by atoms with van der Waals surface area (Å²) in [4.78, 5) is 7.54. The summed E-state index contributed by atoms with van der Waals surface area (Å²) in [6.07, 6.45) is 0.963. The Bertz CT molecular complexity index is 850. The molecule has 1 nitrogen and oxygen atoms in total. The van der Waals surface area contributed by atoms with E-state index < -0.39 is 0 Å². The van der Waals surface area contributed by atoms with Gasteiger partial charge in [0.05, 0.1) is 11.4 Å². The molecule has 3 heteroatoms. The number of thioether (sulfide) groups is 1. The molecule has 0 saturated heterocycles. The predicted molar refractivity (Wildman–Crippen MR) is 101 cm³/mol. The molecular formula is C20H17NS2. The van der Waals surface area contributed by atoms with Crippen molar-refractivity contribution >= 4 is 34.5 Å². The Morgan fingerprint density at radius 1 is 0.957 bits per heavy atom. The maximum atomic E-state index is 4.99. The van der Waals surface area contributed by atoms with Gasteiger partial charge in [-0.1, -0.05) is 42.5 Å². The zero-order chi connectivity index (χ0) is 15.6. The molecule has 1 unspecified atom stereocenters. The molecule has 2 aromatic carbocycles. The smallest absolute Gasteiger partial charge is 0.0769 e. The van der Waals surface area contributed by atoms with Gasteiger partial charge >= 0.3 is 0 Å². The Balaban J connectivity index is 1.82. The van der Waals surface area contributed by atoms with E-state index >= 15 is 0 Å². The Hall–Kier alpha value is -1.84. The number of fused-ring (bicyclic) bond motifs is 1.